The molecule has 3 rings (SSSR count). The summed E-state index contributed by atoms with van der Waals surface area (Å²) in [7, 11) is 0. The van der Waals surface area contributed by atoms with Crippen LogP contribution in [-0.4, -0.2) is 11.2 Å². The van der Waals surface area contributed by atoms with E-state index in [1.165, 1.54) is 11.1 Å². The lowest BCUT2D eigenvalue weighted by molar-refractivity contribution is 1.37. The molecule has 1 aromatic heterocycles. The summed E-state index contributed by atoms with van der Waals surface area (Å²) < 4.78 is 0. The van der Waals surface area contributed by atoms with E-state index < -0.39 is 0 Å². The third-order valence-electron chi connectivity index (χ3n) is 3.39. The smallest absolute Gasteiger partial charge is 0.0958 e. The van der Waals surface area contributed by atoms with Crippen LogP contribution in [0.25, 0.3) is 10.9 Å². The molecule has 0 fully saturated rings. The molecular weight excluding hydrogens is 244 g/mol. The largest absolute Gasteiger partial charge is 0.254 e. The predicted octanol–water partition coefficient (Wildman–Crippen LogP) is 4.60. The number of fused-ring (bicyclic) bond motifs is 1. The van der Waals surface area contributed by atoms with Gasteiger partial charge in [0.25, 0.3) is 0 Å². The number of aryl methyl sites for hydroxylation is 2. The summed E-state index contributed by atoms with van der Waals surface area (Å²) in [5.41, 5.74) is 5.47. The number of aliphatic imine (C=N–C) groups is 1. The Balaban J connectivity index is 2.05. The van der Waals surface area contributed by atoms with Crippen LogP contribution < -0.4 is 0 Å². The molecule has 2 aromatic carbocycles. The van der Waals surface area contributed by atoms with Crippen LogP contribution >= 0.6 is 0 Å². The van der Waals surface area contributed by atoms with Crippen molar-refractivity contribution in [3.63, 3.8) is 0 Å². The van der Waals surface area contributed by atoms with Crippen LogP contribution in [0.3, 0.4) is 0 Å². The van der Waals surface area contributed by atoms with E-state index in [2.05, 4.69) is 54.2 Å². The molecule has 0 amide bonds. The summed E-state index contributed by atoms with van der Waals surface area (Å²) in [6, 6.07) is 16.5. The molecule has 0 aliphatic rings. The highest BCUT2D eigenvalue weighted by molar-refractivity contribution is 5.92. The lowest BCUT2D eigenvalue weighted by atomic mass is 10.1. The molecule has 0 saturated heterocycles. The third-order valence-corrected chi connectivity index (χ3v) is 3.39. The zero-order valence-corrected chi connectivity index (χ0v) is 11.7. The zero-order valence-electron chi connectivity index (χ0n) is 11.7. The van der Waals surface area contributed by atoms with Crippen molar-refractivity contribution in [3.8, 4) is 0 Å². The molecule has 0 N–H and O–H groups in total. The van der Waals surface area contributed by atoms with E-state index in [9.17, 15) is 0 Å². The maximum Gasteiger partial charge on any atom is 0.0958 e. The molecule has 3 aromatic rings. The average molecular weight is 260 g/mol. The summed E-state index contributed by atoms with van der Waals surface area (Å²) >= 11 is 0. The molecule has 2 nitrogen and oxygen atoms in total. The van der Waals surface area contributed by atoms with Gasteiger partial charge in [0, 0.05) is 17.8 Å². The second-order valence-corrected chi connectivity index (χ2v) is 4.97. The quantitative estimate of drug-likeness (QED) is 0.618. The Kier molecular flexibility index (Phi) is 3.30. The van der Waals surface area contributed by atoms with Gasteiger partial charge in [0.2, 0.25) is 0 Å². The number of rotatable bonds is 2. The van der Waals surface area contributed by atoms with Gasteiger partial charge in [-0.1, -0.05) is 42.0 Å². The molecule has 0 aliphatic heterocycles. The van der Waals surface area contributed by atoms with Gasteiger partial charge in [-0.3, -0.25) is 9.98 Å². The number of pyridine rings is 1. The fraction of sp³-hybridized carbons (Fsp3) is 0.111. The number of benzene rings is 2. The summed E-state index contributed by atoms with van der Waals surface area (Å²) in [5, 5.41) is 1.11. The highest BCUT2D eigenvalue weighted by Crippen LogP contribution is 2.23. The van der Waals surface area contributed by atoms with E-state index in [1.54, 1.807) is 6.20 Å². The highest BCUT2D eigenvalue weighted by Gasteiger charge is 2.00. The molecule has 0 saturated carbocycles. The first-order valence-corrected chi connectivity index (χ1v) is 6.69. The van der Waals surface area contributed by atoms with E-state index >= 15 is 0 Å². The Morgan fingerprint density at radius 2 is 1.85 bits per heavy atom. The number of nitrogens with zero attached hydrogens (tertiary/aromatic N) is 2. The molecule has 0 radical (unpaired) electrons. The second kappa shape index (κ2) is 5.25. The van der Waals surface area contributed by atoms with Crippen molar-refractivity contribution in [1.82, 2.24) is 4.98 Å². The summed E-state index contributed by atoms with van der Waals surface area (Å²) in [6.45, 7) is 4.19. The van der Waals surface area contributed by atoms with E-state index in [0.717, 1.165) is 22.2 Å². The van der Waals surface area contributed by atoms with Gasteiger partial charge in [-0.05, 0) is 37.1 Å². The fourth-order valence-electron chi connectivity index (χ4n) is 2.23. The van der Waals surface area contributed by atoms with E-state index in [1.807, 2.05) is 24.4 Å². The van der Waals surface area contributed by atoms with Gasteiger partial charge < -0.3 is 0 Å². The maximum absolute atomic E-state index is 4.62. The Hall–Kier alpha value is -2.48. The van der Waals surface area contributed by atoms with Crippen LogP contribution in [0.15, 0.2) is 59.7 Å². The van der Waals surface area contributed by atoms with Crippen LogP contribution in [0.4, 0.5) is 5.69 Å². The molecule has 0 bridgehead atoms. The first-order valence-electron chi connectivity index (χ1n) is 6.69. The average Bonchev–Trinajstić information content (AvgIpc) is 2.48. The van der Waals surface area contributed by atoms with Crippen molar-refractivity contribution in [2.24, 2.45) is 4.99 Å². The van der Waals surface area contributed by atoms with Crippen molar-refractivity contribution in [1.29, 1.82) is 0 Å². The lowest BCUT2D eigenvalue weighted by Gasteiger charge is -2.03. The van der Waals surface area contributed by atoms with Crippen molar-refractivity contribution in [2.45, 2.75) is 13.8 Å². The van der Waals surface area contributed by atoms with Gasteiger partial charge in [-0.2, -0.15) is 0 Å². The van der Waals surface area contributed by atoms with E-state index in [0.29, 0.717) is 0 Å². The van der Waals surface area contributed by atoms with Crippen molar-refractivity contribution in [2.75, 3.05) is 0 Å². The molecule has 0 atom stereocenters. The minimum absolute atomic E-state index is 0.906. The molecule has 0 unspecified atom stereocenters. The second-order valence-electron chi connectivity index (χ2n) is 4.97. The van der Waals surface area contributed by atoms with Crippen LogP contribution in [-0.2, 0) is 0 Å². The normalized spacial score (nSPS) is 11.3. The maximum atomic E-state index is 4.62. The van der Waals surface area contributed by atoms with Gasteiger partial charge in [0.15, 0.2) is 0 Å². The van der Waals surface area contributed by atoms with E-state index in [-0.39, 0.29) is 0 Å². The standard InChI is InChI=1S/C18H16N2/c1-13-8-9-14(2)16(11-13)12-20-17-7-3-5-15-6-4-10-19-18(15)17/h3-12H,1-2H3/b20-12+. The molecule has 0 spiro atoms. The topological polar surface area (TPSA) is 25.2 Å². The zero-order chi connectivity index (χ0) is 13.9. The molecule has 20 heavy (non-hydrogen) atoms. The first kappa shape index (κ1) is 12.5. The molecule has 0 aliphatic carbocycles. The fourth-order valence-corrected chi connectivity index (χ4v) is 2.23. The number of para-hydroxylation sites is 1. The van der Waals surface area contributed by atoms with Crippen molar-refractivity contribution in [3.05, 3.63) is 71.4 Å². The Morgan fingerprint density at radius 3 is 2.75 bits per heavy atom. The first-order chi connectivity index (χ1) is 9.74. The SMILES string of the molecule is Cc1ccc(C)c(/C=N/c2cccc3cccnc23)c1. The lowest BCUT2D eigenvalue weighted by Crippen LogP contribution is -1.88. The summed E-state index contributed by atoms with van der Waals surface area (Å²) in [5.74, 6) is 0. The Labute approximate surface area is 118 Å². The third kappa shape index (κ3) is 2.45. The number of hydrogen-bond acceptors (Lipinski definition) is 2. The summed E-state index contributed by atoms with van der Waals surface area (Å²) in [6.07, 6.45) is 3.73. The molecule has 98 valence electrons. The predicted molar refractivity (Wildman–Crippen MR) is 84.9 cm³/mol. The number of hydrogen-bond donors (Lipinski definition) is 0. The van der Waals surface area contributed by atoms with Crippen LogP contribution in [0, 0.1) is 13.8 Å². The number of aromatic nitrogens is 1. The van der Waals surface area contributed by atoms with Crippen LogP contribution in [0.2, 0.25) is 0 Å². The minimum atomic E-state index is 0.906. The van der Waals surface area contributed by atoms with Crippen molar-refractivity contribution >= 4 is 22.8 Å². The van der Waals surface area contributed by atoms with Gasteiger partial charge in [0.05, 0.1) is 11.2 Å². The van der Waals surface area contributed by atoms with Gasteiger partial charge in [0.1, 0.15) is 0 Å². The monoisotopic (exact) mass is 260 g/mol. The van der Waals surface area contributed by atoms with E-state index in [4.69, 9.17) is 0 Å². The van der Waals surface area contributed by atoms with Crippen LogP contribution in [0.5, 0.6) is 0 Å². The molecule has 2 heteroatoms. The molecular formula is C18H16N2. The van der Waals surface area contributed by atoms with Gasteiger partial charge in [-0.25, -0.2) is 0 Å². The van der Waals surface area contributed by atoms with Crippen molar-refractivity contribution < 1.29 is 0 Å². The van der Waals surface area contributed by atoms with Gasteiger partial charge in [-0.15, -0.1) is 0 Å². The van der Waals surface area contributed by atoms with Crippen LogP contribution in [0.1, 0.15) is 16.7 Å². The van der Waals surface area contributed by atoms with Gasteiger partial charge >= 0.3 is 0 Å². The highest BCUT2D eigenvalue weighted by atomic mass is 14.8. The Bertz CT molecular complexity index is 783. The molecule has 1 heterocycles. The minimum Gasteiger partial charge on any atom is -0.254 e. The Morgan fingerprint density at radius 1 is 1.00 bits per heavy atom. The summed E-state index contributed by atoms with van der Waals surface area (Å²) in [4.78, 5) is 9.04.